The molecule has 1 amide bonds. The van der Waals surface area contributed by atoms with Crippen LogP contribution >= 0.6 is 0 Å². The van der Waals surface area contributed by atoms with Gasteiger partial charge in [-0.15, -0.1) is 0 Å². The Hall–Kier alpha value is -1.78. The van der Waals surface area contributed by atoms with Crippen LogP contribution in [0.3, 0.4) is 0 Å². The maximum atomic E-state index is 12.6. The Bertz CT molecular complexity index is 526. The Kier molecular flexibility index (Phi) is 3.99. The first-order chi connectivity index (χ1) is 10.1. The minimum atomic E-state index is -1.07. The lowest BCUT2D eigenvalue weighted by Crippen LogP contribution is -2.37. The van der Waals surface area contributed by atoms with E-state index in [9.17, 15) is 9.59 Å². The van der Waals surface area contributed by atoms with Crippen LogP contribution in [0, 0.1) is 5.92 Å². The van der Waals surface area contributed by atoms with Crippen LogP contribution in [-0.4, -0.2) is 34.5 Å². The molecule has 3 rings (SSSR count). The van der Waals surface area contributed by atoms with Crippen molar-refractivity contribution in [3.05, 3.63) is 23.7 Å². The number of carboxylic acid groups (broad SMARTS) is 1. The highest BCUT2D eigenvalue weighted by Gasteiger charge is 2.36. The Morgan fingerprint density at radius 1 is 1.19 bits per heavy atom. The fourth-order valence-electron chi connectivity index (χ4n) is 3.13. The van der Waals surface area contributed by atoms with Crippen molar-refractivity contribution in [1.29, 1.82) is 0 Å². The van der Waals surface area contributed by atoms with E-state index < -0.39 is 5.97 Å². The van der Waals surface area contributed by atoms with Gasteiger partial charge in [-0.2, -0.15) is 0 Å². The predicted octanol–water partition coefficient (Wildman–Crippen LogP) is 3.16. The lowest BCUT2D eigenvalue weighted by molar-refractivity contribution is 0.0664. The zero-order valence-corrected chi connectivity index (χ0v) is 12.1. The first-order valence-electron chi connectivity index (χ1n) is 7.78. The number of hydrogen-bond acceptors (Lipinski definition) is 3. The molecular formula is C16H21NO4. The fraction of sp³-hybridized carbons (Fsp3) is 0.625. The molecule has 0 aromatic carbocycles. The quantitative estimate of drug-likeness (QED) is 0.904. The molecule has 2 fully saturated rings. The standard InChI is InChI=1S/C16H21NO4/c18-15(14-8-12(10-21-14)16(19)20)17(13-6-7-13)9-11-4-2-1-3-5-11/h8,10-11,13H,1-7,9H2,(H,19,20). The van der Waals surface area contributed by atoms with Crippen molar-refractivity contribution < 1.29 is 19.1 Å². The Labute approximate surface area is 123 Å². The van der Waals surface area contributed by atoms with E-state index in [1.165, 1.54) is 38.2 Å². The van der Waals surface area contributed by atoms with E-state index in [-0.39, 0.29) is 17.2 Å². The van der Waals surface area contributed by atoms with Crippen LogP contribution in [0.25, 0.3) is 0 Å². The van der Waals surface area contributed by atoms with Crippen LogP contribution in [0.15, 0.2) is 16.7 Å². The van der Waals surface area contributed by atoms with Gasteiger partial charge in [-0.1, -0.05) is 19.3 Å². The van der Waals surface area contributed by atoms with Crippen molar-refractivity contribution in [2.45, 2.75) is 51.0 Å². The second kappa shape index (κ2) is 5.92. The van der Waals surface area contributed by atoms with E-state index >= 15 is 0 Å². The number of furan rings is 1. The summed E-state index contributed by atoms with van der Waals surface area (Å²) < 4.78 is 5.16. The summed E-state index contributed by atoms with van der Waals surface area (Å²) in [5, 5.41) is 8.92. The molecule has 2 aliphatic carbocycles. The summed E-state index contributed by atoms with van der Waals surface area (Å²) >= 11 is 0. The molecule has 1 aromatic heterocycles. The summed E-state index contributed by atoms with van der Waals surface area (Å²) in [5.41, 5.74) is 0.0340. The average molecular weight is 291 g/mol. The first kappa shape index (κ1) is 14.2. The van der Waals surface area contributed by atoms with E-state index in [1.54, 1.807) is 0 Å². The number of amides is 1. The summed E-state index contributed by atoms with van der Waals surface area (Å²) in [6, 6.07) is 1.65. The highest BCUT2D eigenvalue weighted by molar-refractivity contribution is 5.95. The van der Waals surface area contributed by atoms with Crippen LogP contribution in [0.1, 0.15) is 65.9 Å². The molecule has 1 N–H and O–H groups in total. The molecule has 21 heavy (non-hydrogen) atoms. The second-order valence-corrected chi connectivity index (χ2v) is 6.20. The molecule has 0 spiro atoms. The molecule has 0 unspecified atom stereocenters. The van der Waals surface area contributed by atoms with Crippen molar-refractivity contribution >= 4 is 11.9 Å². The minimum absolute atomic E-state index is 0.0340. The minimum Gasteiger partial charge on any atom is -0.478 e. The third-order valence-corrected chi connectivity index (χ3v) is 4.49. The first-order valence-corrected chi connectivity index (χ1v) is 7.78. The number of carbonyl (C=O) groups is 2. The van der Waals surface area contributed by atoms with Crippen LogP contribution in [0.5, 0.6) is 0 Å². The smallest absolute Gasteiger partial charge is 0.338 e. The zero-order chi connectivity index (χ0) is 14.8. The van der Waals surface area contributed by atoms with Crippen LogP contribution < -0.4 is 0 Å². The van der Waals surface area contributed by atoms with Gasteiger partial charge in [-0.25, -0.2) is 4.79 Å². The van der Waals surface area contributed by atoms with Gasteiger partial charge in [0.25, 0.3) is 5.91 Å². The summed E-state index contributed by atoms with van der Waals surface area (Å²) in [4.78, 5) is 25.4. The summed E-state index contributed by atoms with van der Waals surface area (Å²) in [6.45, 7) is 0.784. The molecule has 114 valence electrons. The number of rotatable bonds is 5. The zero-order valence-electron chi connectivity index (χ0n) is 12.1. The number of hydrogen-bond donors (Lipinski definition) is 1. The van der Waals surface area contributed by atoms with Crippen LogP contribution in [-0.2, 0) is 0 Å². The van der Waals surface area contributed by atoms with Gasteiger partial charge in [-0.3, -0.25) is 4.79 Å². The van der Waals surface area contributed by atoms with Gasteiger partial charge in [0, 0.05) is 18.7 Å². The molecule has 0 aliphatic heterocycles. The number of carboxylic acids is 1. The molecule has 0 saturated heterocycles. The third-order valence-electron chi connectivity index (χ3n) is 4.49. The summed E-state index contributed by atoms with van der Waals surface area (Å²) in [5.74, 6) is -0.494. The third kappa shape index (κ3) is 3.28. The van der Waals surface area contributed by atoms with Gasteiger partial charge in [0.1, 0.15) is 6.26 Å². The van der Waals surface area contributed by atoms with Crippen molar-refractivity contribution in [2.24, 2.45) is 5.92 Å². The number of carbonyl (C=O) groups excluding carboxylic acids is 1. The van der Waals surface area contributed by atoms with Gasteiger partial charge in [0.2, 0.25) is 0 Å². The Morgan fingerprint density at radius 2 is 1.90 bits per heavy atom. The van der Waals surface area contributed by atoms with E-state index in [4.69, 9.17) is 9.52 Å². The molecule has 5 heteroatoms. The van der Waals surface area contributed by atoms with Gasteiger partial charge >= 0.3 is 5.97 Å². The maximum absolute atomic E-state index is 12.6. The van der Waals surface area contributed by atoms with Gasteiger partial charge in [-0.05, 0) is 31.6 Å². The summed E-state index contributed by atoms with van der Waals surface area (Å²) in [7, 11) is 0. The highest BCUT2D eigenvalue weighted by atomic mass is 16.4. The molecule has 5 nitrogen and oxygen atoms in total. The molecule has 2 saturated carbocycles. The second-order valence-electron chi connectivity index (χ2n) is 6.20. The van der Waals surface area contributed by atoms with E-state index in [2.05, 4.69) is 0 Å². The molecule has 0 bridgehead atoms. The molecule has 2 aliphatic rings. The highest BCUT2D eigenvalue weighted by Crippen LogP contribution is 2.32. The van der Waals surface area contributed by atoms with Gasteiger partial charge in [0.05, 0.1) is 5.56 Å². The van der Waals surface area contributed by atoms with E-state index in [1.807, 2.05) is 4.90 Å². The summed E-state index contributed by atoms with van der Waals surface area (Å²) in [6.07, 6.45) is 9.41. The number of nitrogens with zero attached hydrogens (tertiary/aromatic N) is 1. The van der Waals surface area contributed by atoms with Crippen LogP contribution in [0.4, 0.5) is 0 Å². The average Bonchev–Trinajstić information content (AvgIpc) is 3.20. The van der Waals surface area contributed by atoms with Gasteiger partial charge < -0.3 is 14.4 Å². The topological polar surface area (TPSA) is 70.7 Å². The van der Waals surface area contributed by atoms with E-state index in [0.717, 1.165) is 25.6 Å². The molecular weight excluding hydrogens is 270 g/mol. The van der Waals surface area contributed by atoms with Crippen LogP contribution in [0.2, 0.25) is 0 Å². The van der Waals surface area contributed by atoms with E-state index in [0.29, 0.717) is 12.0 Å². The lowest BCUT2D eigenvalue weighted by Gasteiger charge is -2.29. The normalized spacial score (nSPS) is 19.4. The Balaban J connectivity index is 1.70. The van der Waals surface area contributed by atoms with Crippen molar-refractivity contribution in [1.82, 2.24) is 4.90 Å². The van der Waals surface area contributed by atoms with Crippen molar-refractivity contribution in [3.63, 3.8) is 0 Å². The largest absolute Gasteiger partial charge is 0.478 e. The molecule has 0 atom stereocenters. The van der Waals surface area contributed by atoms with Crippen molar-refractivity contribution in [2.75, 3.05) is 6.54 Å². The maximum Gasteiger partial charge on any atom is 0.338 e. The lowest BCUT2D eigenvalue weighted by atomic mass is 9.89. The monoisotopic (exact) mass is 291 g/mol. The molecule has 1 heterocycles. The van der Waals surface area contributed by atoms with Gasteiger partial charge in [0.15, 0.2) is 5.76 Å². The number of aromatic carboxylic acids is 1. The predicted molar refractivity (Wildman–Crippen MR) is 76.3 cm³/mol. The molecule has 0 radical (unpaired) electrons. The SMILES string of the molecule is O=C(O)c1coc(C(=O)N(CC2CCCCC2)C2CC2)c1. The fourth-order valence-corrected chi connectivity index (χ4v) is 3.13. The molecule has 1 aromatic rings. The van der Waals surface area contributed by atoms with Crippen molar-refractivity contribution in [3.8, 4) is 0 Å². The Morgan fingerprint density at radius 3 is 2.48 bits per heavy atom.